The van der Waals surface area contributed by atoms with Gasteiger partial charge in [-0.15, -0.1) is 0 Å². The van der Waals surface area contributed by atoms with Crippen LogP contribution >= 0.6 is 0 Å². The van der Waals surface area contributed by atoms with Crippen molar-refractivity contribution in [3.63, 3.8) is 0 Å². The van der Waals surface area contributed by atoms with E-state index in [1.165, 1.54) is 25.3 Å². The summed E-state index contributed by atoms with van der Waals surface area (Å²) in [6, 6.07) is 12.4. The van der Waals surface area contributed by atoms with Crippen molar-refractivity contribution in [2.75, 3.05) is 13.7 Å². The first kappa shape index (κ1) is 14.8. The normalized spacial score (nSPS) is 11.7. The van der Waals surface area contributed by atoms with Gasteiger partial charge in [0.2, 0.25) is 0 Å². The van der Waals surface area contributed by atoms with Gasteiger partial charge in [0, 0.05) is 6.07 Å². The Morgan fingerprint density at radius 2 is 1.90 bits per heavy atom. The molecule has 0 radical (unpaired) electrons. The smallest absolute Gasteiger partial charge is 0.314 e. The highest BCUT2D eigenvalue weighted by Gasteiger charge is 2.21. The number of rotatable bonds is 6. The highest BCUT2D eigenvalue weighted by Crippen LogP contribution is 2.22. The van der Waals surface area contributed by atoms with E-state index in [9.17, 15) is 14.3 Å². The Morgan fingerprint density at radius 3 is 2.57 bits per heavy atom. The molecule has 2 aromatic rings. The van der Waals surface area contributed by atoms with E-state index in [0.29, 0.717) is 17.1 Å². The maximum atomic E-state index is 13.2. The number of halogens is 1. The van der Waals surface area contributed by atoms with Gasteiger partial charge < -0.3 is 14.6 Å². The number of benzene rings is 2. The Balaban J connectivity index is 2.12. The maximum absolute atomic E-state index is 13.2. The minimum Gasteiger partial charge on any atom is -0.497 e. The second-order valence-corrected chi connectivity index (χ2v) is 4.44. The third-order valence-electron chi connectivity index (χ3n) is 3.01. The maximum Gasteiger partial charge on any atom is 0.314 e. The first-order valence-electron chi connectivity index (χ1n) is 6.35. The summed E-state index contributed by atoms with van der Waals surface area (Å²) in [5.74, 6) is -1.36. The van der Waals surface area contributed by atoms with Crippen molar-refractivity contribution < 1.29 is 23.8 Å². The lowest BCUT2D eigenvalue weighted by atomic mass is 10.0. The molecule has 0 amide bonds. The Bertz CT molecular complexity index is 627. The summed E-state index contributed by atoms with van der Waals surface area (Å²) in [7, 11) is 1.53. The van der Waals surface area contributed by atoms with Crippen LogP contribution in [0.4, 0.5) is 4.39 Å². The zero-order valence-electron chi connectivity index (χ0n) is 11.5. The van der Waals surface area contributed by atoms with Crippen LogP contribution in [0.5, 0.6) is 11.5 Å². The van der Waals surface area contributed by atoms with Crippen LogP contribution in [0.3, 0.4) is 0 Å². The van der Waals surface area contributed by atoms with E-state index in [1.54, 1.807) is 30.3 Å². The van der Waals surface area contributed by atoms with Crippen LogP contribution in [-0.2, 0) is 4.79 Å². The van der Waals surface area contributed by atoms with Crippen molar-refractivity contribution in [1.29, 1.82) is 0 Å². The van der Waals surface area contributed by atoms with Crippen LogP contribution in [0.1, 0.15) is 11.5 Å². The van der Waals surface area contributed by atoms with E-state index in [2.05, 4.69) is 0 Å². The van der Waals surface area contributed by atoms with Crippen LogP contribution in [0, 0.1) is 5.82 Å². The topological polar surface area (TPSA) is 55.8 Å². The molecule has 1 unspecified atom stereocenters. The fraction of sp³-hybridized carbons (Fsp3) is 0.188. The molecule has 0 spiro atoms. The third kappa shape index (κ3) is 3.95. The number of methoxy groups -OCH3 is 1. The minimum atomic E-state index is -1.07. The van der Waals surface area contributed by atoms with Gasteiger partial charge in [0.25, 0.3) is 0 Å². The fourth-order valence-electron chi connectivity index (χ4n) is 1.90. The number of hydrogen-bond donors (Lipinski definition) is 1. The van der Waals surface area contributed by atoms with Crippen molar-refractivity contribution in [2.24, 2.45) is 0 Å². The molecule has 1 atom stereocenters. The number of carbonyl (C=O) groups is 1. The molecule has 1 N–H and O–H groups in total. The van der Waals surface area contributed by atoms with Crippen LogP contribution in [0.2, 0.25) is 0 Å². The summed E-state index contributed by atoms with van der Waals surface area (Å²) >= 11 is 0. The second kappa shape index (κ2) is 6.74. The molecule has 2 rings (SSSR count). The van der Waals surface area contributed by atoms with Gasteiger partial charge in [-0.3, -0.25) is 4.79 Å². The number of hydrogen-bond acceptors (Lipinski definition) is 3. The molecule has 0 fully saturated rings. The zero-order valence-corrected chi connectivity index (χ0v) is 11.5. The van der Waals surface area contributed by atoms with Gasteiger partial charge in [0.05, 0.1) is 7.11 Å². The molecule has 0 aliphatic heterocycles. The molecular formula is C16H15FO4. The molecule has 5 heteroatoms. The molecule has 0 aromatic heterocycles. The zero-order chi connectivity index (χ0) is 15.2. The van der Waals surface area contributed by atoms with Gasteiger partial charge in [0.1, 0.15) is 29.8 Å². The van der Waals surface area contributed by atoms with Gasteiger partial charge in [0.15, 0.2) is 0 Å². The summed E-state index contributed by atoms with van der Waals surface area (Å²) in [4.78, 5) is 11.3. The van der Waals surface area contributed by atoms with E-state index in [4.69, 9.17) is 9.47 Å². The molecule has 0 bridgehead atoms. The predicted molar refractivity (Wildman–Crippen MR) is 75.3 cm³/mol. The lowest BCUT2D eigenvalue weighted by molar-refractivity contribution is -0.139. The molecule has 0 aliphatic rings. The van der Waals surface area contributed by atoms with Gasteiger partial charge in [-0.2, -0.15) is 0 Å². The molecule has 21 heavy (non-hydrogen) atoms. The molecule has 110 valence electrons. The van der Waals surface area contributed by atoms with E-state index in [1.807, 2.05) is 0 Å². The fourth-order valence-corrected chi connectivity index (χ4v) is 1.90. The summed E-state index contributed by atoms with van der Waals surface area (Å²) in [6.45, 7) is -0.0913. The van der Waals surface area contributed by atoms with Crippen molar-refractivity contribution in [1.82, 2.24) is 0 Å². The summed E-state index contributed by atoms with van der Waals surface area (Å²) in [6.07, 6.45) is 0. The molecular weight excluding hydrogens is 275 g/mol. The van der Waals surface area contributed by atoms with E-state index < -0.39 is 17.7 Å². The lowest BCUT2D eigenvalue weighted by Crippen LogP contribution is -2.19. The molecule has 0 saturated heterocycles. The van der Waals surface area contributed by atoms with Crippen LogP contribution < -0.4 is 9.47 Å². The lowest BCUT2D eigenvalue weighted by Gasteiger charge is -2.14. The summed E-state index contributed by atoms with van der Waals surface area (Å²) < 4.78 is 23.7. The highest BCUT2D eigenvalue weighted by molar-refractivity contribution is 5.76. The minimum absolute atomic E-state index is 0.0913. The van der Waals surface area contributed by atoms with Gasteiger partial charge in [-0.1, -0.05) is 18.2 Å². The molecule has 4 nitrogen and oxygen atoms in total. The van der Waals surface area contributed by atoms with Crippen LogP contribution in [-0.4, -0.2) is 24.8 Å². The largest absolute Gasteiger partial charge is 0.497 e. The predicted octanol–water partition coefficient (Wildman–Crippen LogP) is 3.08. The van der Waals surface area contributed by atoms with E-state index in [0.717, 1.165) is 0 Å². The van der Waals surface area contributed by atoms with Crippen molar-refractivity contribution in [2.45, 2.75) is 5.92 Å². The summed E-state index contributed by atoms with van der Waals surface area (Å²) in [5.41, 5.74) is 0.366. The molecule has 2 aromatic carbocycles. The number of aliphatic carboxylic acids is 1. The van der Waals surface area contributed by atoms with Crippen LogP contribution in [0.15, 0.2) is 48.5 Å². The Hall–Kier alpha value is -2.56. The van der Waals surface area contributed by atoms with Crippen molar-refractivity contribution >= 4 is 5.97 Å². The SMILES string of the molecule is COc1cccc(OCC(C(=O)O)c2cccc(F)c2)c1. The Kier molecular flexibility index (Phi) is 4.77. The van der Waals surface area contributed by atoms with Gasteiger partial charge in [-0.25, -0.2) is 4.39 Å². The van der Waals surface area contributed by atoms with E-state index >= 15 is 0 Å². The quantitative estimate of drug-likeness (QED) is 0.888. The monoisotopic (exact) mass is 290 g/mol. The molecule has 0 saturated carbocycles. The molecule has 0 heterocycles. The first-order chi connectivity index (χ1) is 10.1. The number of carboxylic acid groups (broad SMARTS) is 1. The van der Waals surface area contributed by atoms with Crippen LogP contribution in [0.25, 0.3) is 0 Å². The second-order valence-electron chi connectivity index (χ2n) is 4.44. The Labute approximate surface area is 121 Å². The summed E-state index contributed by atoms with van der Waals surface area (Å²) in [5, 5.41) is 9.27. The average molecular weight is 290 g/mol. The number of carboxylic acids is 1. The van der Waals surface area contributed by atoms with Gasteiger partial charge >= 0.3 is 5.97 Å². The average Bonchev–Trinajstić information content (AvgIpc) is 2.47. The highest BCUT2D eigenvalue weighted by atomic mass is 19.1. The first-order valence-corrected chi connectivity index (χ1v) is 6.35. The molecule has 0 aliphatic carbocycles. The van der Waals surface area contributed by atoms with Crippen molar-refractivity contribution in [3.8, 4) is 11.5 Å². The third-order valence-corrected chi connectivity index (χ3v) is 3.01. The van der Waals surface area contributed by atoms with E-state index in [-0.39, 0.29) is 6.61 Å². The van der Waals surface area contributed by atoms with Gasteiger partial charge in [-0.05, 0) is 29.8 Å². The number of ether oxygens (including phenoxy) is 2. The standard InChI is InChI=1S/C16H15FO4/c1-20-13-6-3-7-14(9-13)21-10-15(16(18)19)11-4-2-5-12(17)8-11/h2-9,15H,10H2,1H3,(H,18,19). The van der Waals surface area contributed by atoms with Crippen molar-refractivity contribution in [3.05, 3.63) is 59.9 Å². The Morgan fingerprint density at radius 1 is 1.19 bits per heavy atom.